The number of furan rings is 1. The third-order valence-corrected chi connectivity index (χ3v) is 6.50. The first-order valence-corrected chi connectivity index (χ1v) is 12.1. The first kappa shape index (κ1) is 23.4. The van der Waals surface area contributed by atoms with Crippen LogP contribution in [0.25, 0.3) is 21.7 Å². The SMILES string of the molecule is CCc1c(C(N)=O)oc2ccccc12.O=S(=O)(O)c1cccc2c(S(=O)(=O)O)cccc12. The van der Waals surface area contributed by atoms with Gasteiger partial charge in [-0.05, 0) is 24.6 Å². The highest BCUT2D eigenvalue weighted by molar-refractivity contribution is 7.86. The van der Waals surface area contributed by atoms with Gasteiger partial charge in [-0.1, -0.05) is 49.4 Å². The average Bonchev–Trinajstić information content (AvgIpc) is 3.11. The van der Waals surface area contributed by atoms with Crippen molar-refractivity contribution in [3.8, 4) is 0 Å². The molecule has 11 heteroatoms. The first-order chi connectivity index (χ1) is 14.9. The van der Waals surface area contributed by atoms with Crippen molar-refractivity contribution in [3.63, 3.8) is 0 Å². The van der Waals surface area contributed by atoms with Crippen LogP contribution in [0.3, 0.4) is 0 Å². The summed E-state index contributed by atoms with van der Waals surface area (Å²) in [6.07, 6.45) is 0.745. The van der Waals surface area contributed by atoms with Crippen molar-refractivity contribution in [1.82, 2.24) is 0 Å². The number of nitrogens with two attached hydrogens (primary N) is 1. The predicted molar refractivity (Wildman–Crippen MR) is 118 cm³/mol. The van der Waals surface area contributed by atoms with E-state index in [2.05, 4.69) is 0 Å². The molecule has 4 rings (SSSR count). The molecule has 0 radical (unpaired) electrons. The Bertz CT molecular complexity index is 1470. The Labute approximate surface area is 184 Å². The second-order valence-electron chi connectivity index (χ2n) is 6.68. The fourth-order valence-corrected chi connectivity index (χ4v) is 4.76. The summed E-state index contributed by atoms with van der Waals surface area (Å²) < 4.78 is 68.1. The van der Waals surface area contributed by atoms with E-state index in [9.17, 15) is 21.6 Å². The van der Waals surface area contributed by atoms with Crippen LogP contribution >= 0.6 is 0 Å². The van der Waals surface area contributed by atoms with Gasteiger partial charge in [0, 0.05) is 21.7 Å². The van der Waals surface area contributed by atoms with Crippen molar-refractivity contribution in [2.75, 3.05) is 0 Å². The molecule has 0 atom stereocenters. The average molecular weight is 478 g/mol. The molecule has 0 saturated heterocycles. The highest BCUT2D eigenvalue weighted by atomic mass is 32.2. The maximum atomic E-state index is 11.2. The van der Waals surface area contributed by atoms with Crippen LogP contribution in [0.2, 0.25) is 0 Å². The van der Waals surface area contributed by atoms with Crippen LogP contribution in [0.15, 0.2) is 74.9 Å². The first-order valence-electron chi connectivity index (χ1n) is 9.22. The molecule has 9 nitrogen and oxygen atoms in total. The second-order valence-corrected chi connectivity index (χ2v) is 9.46. The van der Waals surface area contributed by atoms with E-state index in [4.69, 9.17) is 19.3 Å². The number of carbonyl (C=O) groups excluding carboxylic acids is 1. The minimum absolute atomic E-state index is 0.0233. The van der Waals surface area contributed by atoms with E-state index < -0.39 is 35.9 Å². The van der Waals surface area contributed by atoms with E-state index in [1.807, 2.05) is 31.2 Å². The number of carbonyl (C=O) groups is 1. The van der Waals surface area contributed by atoms with Crippen molar-refractivity contribution in [3.05, 3.63) is 72.0 Å². The molecule has 168 valence electrons. The van der Waals surface area contributed by atoms with Crippen LogP contribution in [0.5, 0.6) is 0 Å². The second kappa shape index (κ2) is 8.71. The molecular formula is C21H19NO8S2. The zero-order valence-corrected chi connectivity index (χ0v) is 18.4. The van der Waals surface area contributed by atoms with E-state index in [0.29, 0.717) is 0 Å². The number of primary amides is 1. The number of rotatable bonds is 4. The lowest BCUT2D eigenvalue weighted by atomic mass is 10.1. The summed E-state index contributed by atoms with van der Waals surface area (Å²) in [6, 6.07) is 15.1. The zero-order valence-electron chi connectivity index (χ0n) is 16.7. The number of para-hydroxylation sites is 1. The molecule has 1 aromatic heterocycles. The molecule has 32 heavy (non-hydrogen) atoms. The Morgan fingerprint density at radius 1 is 0.812 bits per heavy atom. The minimum Gasteiger partial charge on any atom is -0.451 e. The van der Waals surface area contributed by atoms with Crippen molar-refractivity contribution < 1.29 is 35.2 Å². The molecule has 3 aromatic carbocycles. The Balaban J connectivity index is 0.000000186. The van der Waals surface area contributed by atoms with Gasteiger partial charge in [0.15, 0.2) is 5.76 Å². The zero-order chi connectivity index (χ0) is 23.7. The summed E-state index contributed by atoms with van der Waals surface area (Å²) >= 11 is 0. The quantitative estimate of drug-likeness (QED) is 0.376. The largest absolute Gasteiger partial charge is 0.451 e. The standard InChI is InChI=1S/C11H11NO2.C10H8O6S2/c1-2-7-8-5-3-4-6-9(8)14-10(7)11(12)13;11-17(12,13)9-5-1-3-7-8(9)4-2-6-10(7)18(14,15)16/h3-6H,2H2,1H3,(H2,12,13);1-6H,(H,11,12,13)(H,14,15,16). The summed E-state index contributed by atoms with van der Waals surface area (Å²) in [5, 5.41) is 1.02. The Kier molecular flexibility index (Phi) is 6.37. The van der Waals surface area contributed by atoms with Gasteiger partial charge in [0.1, 0.15) is 15.4 Å². The van der Waals surface area contributed by atoms with Gasteiger partial charge in [-0.3, -0.25) is 13.9 Å². The highest BCUT2D eigenvalue weighted by Crippen LogP contribution is 2.28. The smallest absolute Gasteiger partial charge is 0.295 e. The summed E-state index contributed by atoms with van der Waals surface area (Å²) in [5.74, 6) is -0.216. The van der Waals surface area contributed by atoms with Crippen LogP contribution in [-0.4, -0.2) is 31.8 Å². The van der Waals surface area contributed by atoms with Gasteiger partial charge in [0.05, 0.1) is 0 Å². The molecule has 0 aliphatic carbocycles. The van der Waals surface area contributed by atoms with Gasteiger partial charge in [-0.2, -0.15) is 16.8 Å². The lowest BCUT2D eigenvalue weighted by Crippen LogP contribution is -2.11. The maximum Gasteiger partial charge on any atom is 0.295 e. The van der Waals surface area contributed by atoms with Gasteiger partial charge in [-0.25, -0.2) is 0 Å². The molecule has 4 aromatic rings. The van der Waals surface area contributed by atoms with Gasteiger partial charge >= 0.3 is 0 Å². The van der Waals surface area contributed by atoms with Crippen molar-refractivity contribution in [2.24, 2.45) is 5.73 Å². The minimum atomic E-state index is -4.47. The van der Waals surface area contributed by atoms with Gasteiger partial charge in [0.25, 0.3) is 26.1 Å². The molecule has 1 heterocycles. The van der Waals surface area contributed by atoms with E-state index in [1.54, 1.807) is 0 Å². The topological polar surface area (TPSA) is 165 Å². The molecule has 0 fully saturated rings. The Morgan fingerprint density at radius 3 is 1.72 bits per heavy atom. The lowest BCUT2D eigenvalue weighted by Gasteiger charge is -2.06. The third kappa shape index (κ3) is 4.65. The molecule has 0 bridgehead atoms. The third-order valence-electron chi connectivity index (χ3n) is 4.67. The fraction of sp³-hybridized carbons (Fsp3) is 0.0952. The number of hydrogen-bond donors (Lipinski definition) is 3. The number of amides is 1. The number of hydrogen-bond acceptors (Lipinski definition) is 6. The molecule has 0 spiro atoms. The van der Waals surface area contributed by atoms with E-state index in [0.717, 1.165) is 35.1 Å². The van der Waals surface area contributed by atoms with Gasteiger partial charge in [-0.15, -0.1) is 0 Å². The molecule has 1 amide bonds. The summed E-state index contributed by atoms with van der Waals surface area (Å²) in [7, 11) is -8.94. The number of fused-ring (bicyclic) bond motifs is 2. The van der Waals surface area contributed by atoms with Crippen molar-refractivity contribution >= 4 is 47.9 Å². The van der Waals surface area contributed by atoms with Crippen LogP contribution in [0.1, 0.15) is 23.0 Å². The molecule has 0 aliphatic heterocycles. The van der Waals surface area contributed by atoms with Gasteiger partial charge in [0.2, 0.25) is 0 Å². The van der Waals surface area contributed by atoms with Crippen LogP contribution in [-0.2, 0) is 26.7 Å². The molecule has 0 unspecified atom stereocenters. The fourth-order valence-electron chi connectivity index (χ4n) is 3.35. The summed E-state index contributed by atoms with van der Waals surface area (Å²) in [4.78, 5) is 10.3. The number of benzene rings is 3. The van der Waals surface area contributed by atoms with Crippen LogP contribution in [0, 0.1) is 0 Å². The van der Waals surface area contributed by atoms with E-state index in [1.165, 1.54) is 24.3 Å². The normalized spacial score (nSPS) is 11.8. The summed E-state index contributed by atoms with van der Waals surface area (Å²) in [5.41, 5.74) is 6.84. The molecule has 0 saturated carbocycles. The van der Waals surface area contributed by atoms with E-state index in [-0.39, 0.29) is 16.5 Å². The maximum absolute atomic E-state index is 11.2. The highest BCUT2D eigenvalue weighted by Gasteiger charge is 2.19. The lowest BCUT2D eigenvalue weighted by molar-refractivity contribution is 0.0974. The van der Waals surface area contributed by atoms with Crippen molar-refractivity contribution in [2.45, 2.75) is 23.1 Å². The van der Waals surface area contributed by atoms with E-state index >= 15 is 0 Å². The van der Waals surface area contributed by atoms with Crippen LogP contribution in [0.4, 0.5) is 0 Å². The molecule has 0 aliphatic rings. The van der Waals surface area contributed by atoms with Crippen molar-refractivity contribution in [1.29, 1.82) is 0 Å². The predicted octanol–water partition coefficient (Wildman–Crippen LogP) is 3.43. The van der Waals surface area contributed by atoms with Crippen LogP contribution < -0.4 is 5.73 Å². The number of aryl methyl sites for hydroxylation is 1. The molecular weight excluding hydrogens is 458 g/mol. The molecule has 4 N–H and O–H groups in total. The Hall–Kier alpha value is -3.25. The Morgan fingerprint density at radius 2 is 1.28 bits per heavy atom. The van der Waals surface area contributed by atoms with Gasteiger partial charge < -0.3 is 10.2 Å². The summed E-state index contributed by atoms with van der Waals surface area (Å²) in [6.45, 7) is 1.98. The monoisotopic (exact) mass is 477 g/mol.